The number of rotatable bonds is 11. The lowest BCUT2D eigenvalue weighted by Gasteiger charge is -2.32. The fourth-order valence-corrected chi connectivity index (χ4v) is 4.61. The lowest BCUT2D eigenvalue weighted by Crippen LogP contribution is -2.52. The van der Waals surface area contributed by atoms with Gasteiger partial charge in [0.05, 0.1) is 29.6 Å². The predicted molar refractivity (Wildman–Crippen MR) is 140 cm³/mol. The van der Waals surface area contributed by atoms with Crippen LogP contribution in [0.25, 0.3) is 0 Å². The van der Waals surface area contributed by atoms with Gasteiger partial charge in [0.1, 0.15) is 18.3 Å². The number of carbonyl (C=O) groups is 2. The Morgan fingerprint density at radius 2 is 1.79 bits per heavy atom. The lowest BCUT2D eigenvalue weighted by atomic mass is 10.1. The normalized spacial score (nSPS) is 13.4. The zero-order valence-corrected chi connectivity index (χ0v) is 23.2. The van der Waals surface area contributed by atoms with Gasteiger partial charge in [-0.2, -0.15) is 13.2 Å². The quantitative estimate of drug-likeness (QED) is 0.425. The first-order chi connectivity index (χ1) is 17.6. The third-order valence-electron chi connectivity index (χ3n) is 5.88. The summed E-state index contributed by atoms with van der Waals surface area (Å²) in [6.07, 6.45) is -3.38. The highest BCUT2D eigenvalue weighted by Gasteiger charge is 2.34. The molecule has 0 fully saturated rings. The van der Waals surface area contributed by atoms with Crippen molar-refractivity contribution in [2.75, 3.05) is 24.2 Å². The van der Waals surface area contributed by atoms with Crippen LogP contribution in [0, 0.1) is 0 Å². The van der Waals surface area contributed by atoms with Crippen LogP contribution in [0.4, 0.5) is 18.9 Å². The number of anilines is 1. The molecule has 8 nitrogen and oxygen atoms in total. The molecule has 0 radical (unpaired) electrons. The van der Waals surface area contributed by atoms with E-state index in [0.29, 0.717) is 34.2 Å². The van der Waals surface area contributed by atoms with E-state index in [1.807, 2.05) is 6.92 Å². The van der Waals surface area contributed by atoms with Crippen molar-refractivity contribution in [1.82, 2.24) is 10.2 Å². The standard InChI is InChI=1S/C25H31ClF3N3O5S/c1-6-16(2)30-24(34)17(3)31(14-18-8-7-9-20(12-18)37-4)23(33)15-32(38(5,35)36)22-13-19(25(27,28)29)10-11-21(22)26/h7-13,16-17H,6,14-15H2,1-5H3,(H,30,34)/t16-,17+/m0/s1. The van der Waals surface area contributed by atoms with Gasteiger partial charge in [-0.3, -0.25) is 13.9 Å². The van der Waals surface area contributed by atoms with E-state index in [-0.39, 0.29) is 17.6 Å². The number of nitrogens with one attached hydrogen (secondary N) is 1. The fraction of sp³-hybridized carbons (Fsp3) is 0.440. The summed E-state index contributed by atoms with van der Waals surface area (Å²) in [5.74, 6) is -0.794. The molecular weight excluding hydrogens is 547 g/mol. The van der Waals surface area contributed by atoms with E-state index in [1.165, 1.54) is 14.0 Å². The number of benzene rings is 2. The maximum absolute atomic E-state index is 13.6. The van der Waals surface area contributed by atoms with Crippen molar-refractivity contribution in [2.45, 2.75) is 52.0 Å². The van der Waals surface area contributed by atoms with Crippen LogP contribution in [0.3, 0.4) is 0 Å². The Labute approximate surface area is 225 Å². The van der Waals surface area contributed by atoms with E-state index < -0.39 is 51.9 Å². The van der Waals surface area contributed by atoms with E-state index in [1.54, 1.807) is 31.2 Å². The van der Waals surface area contributed by atoms with Gasteiger partial charge >= 0.3 is 6.18 Å². The van der Waals surface area contributed by atoms with Crippen LogP contribution in [0.5, 0.6) is 5.75 Å². The predicted octanol–water partition coefficient (Wildman–Crippen LogP) is 4.47. The van der Waals surface area contributed by atoms with Gasteiger partial charge in [-0.1, -0.05) is 30.7 Å². The molecule has 2 aromatic carbocycles. The number of ether oxygens (including phenoxy) is 1. The first-order valence-corrected chi connectivity index (χ1v) is 13.9. The van der Waals surface area contributed by atoms with Crippen molar-refractivity contribution < 1.29 is 35.9 Å². The molecule has 0 saturated heterocycles. The Kier molecular flexibility index (Phi) is 10.4. The fourth-order valence-electron chi connectivity index (χ4n) is 3.49. The van der Waals surface area contributed by atoms with Gasteiger partial charge in [-0.15, -0.1) is 0 Å². The van der Waals surface area contributed by atoms with Crippen LogP contribution in [-0.4, -0.2) is 57.1 Å². The minimum atomic E-state index is -4.77. The minimum Gasteiger partial charge on any atom is -0.497 e. The number of hydrogen-bond acceptors (Lipinski definition) is 5. The Bertz CT molecular complexity index is 1260. The van der Waals surface area contributed by atoms with Crippen molar-refractivity contribution in [3.8, 4) is 5.75 Å². The molecule has 0 heterocycles. The third-order valence-corrected chi connectivity index (χ3v) is 7.32. The van der Waals surface area contributed by atoms with Gasteiger partial charge in [0.25, 0.3) is 0 Å². The number of amides is 2. The average molecular weight is 578 g/mol. The molecule has 2 amide bonds. The van der Waals surface area contributed by atoms with Gasteiger partial charge in [-0.05, 0) is 56.2 Å². The molecule has 2 rings (SSSR count). The largest absolute Gasteiger partial charge is 0.497 e. The molecule has 0 bridgehead atoms. The summed E-state index contributed by atoms with van der Waals surface area (Å²) >= 11 is 6.08. The van der Waals surface area contributed by atoms with Gasteiger partial charge in [-0.25, -0.2) is 8.42 Å². The third kappa shape index (κ3) is 8.26. The van der Waals surface area contributed by atoms with Crippen LogP contribution in [0.15, 0.2) is 42.5 Å². The number of halogens is 4. The topological polar surface area (TPSA) is 96.0 Å². The molecule has 0 unspecified atom stereocenters. The lowest BCUT2D eigenvalue weighted by molar-refractivity contribution is -0.139. The van der Waals surface area contributed by atoms with Gasteiger partial charge in [0.2, 0.25) is 21.8 Å². The summed E-state index contributed by atoms with van der Waals surface area (Å²) < 4.78 is 71.0. The van der Waals surface area contributed by atoms with Crippen molar-refractivity contribution >= 4 is 39.1 Å². The van der Waals surface area contributed by atoms with Crippen LogP contribution >= 0.6 is 11.6 Å². The van der Waals surface area contributed by atoms with Gasteiger partial charge < -0.3 is 15.0 Å². The first-order valence-electron chi connectivity index (χ1n) is 11.7. The average Bonchev–Trinajstić information content (AvgIpc) is 2.84. The van der Waals surface area contributed by atoms with Crippen molar-refractivity contribution in [3.05, 3.63) is 58.6 Å². The molecular formula is C25H31ClF3N3O5S. The summed E-state index contributed by atoms with van der Waals surface area (Å²) in [6, 6.07) is 7.70. The van der Waals surface area contributed by atoms with Crippen LogP contribution in [0.1, 0.15) is 38.3 Å². The number of nitrogens with zero attached hydrogens (tertiary/aromatic N) is 2. The molecule has 0 saturated carbocycles. The highest BCUT2D eigenvalue weighted by molar-refractivity contribution is 7.92. The summed E-state index contributed by atoms with van der Waals surface area (Å²) in [4.78, 5) is 27.7. The van der Waals surface area contributed by atoms with Crippen molar-refractivity contribution in [2.24, 2.45) is 0 Å². The Balaban J connectivity index is 2.51. The summed E-state index contributed by atoms with van der Waals surface area (Å²) in [7, 11) is -2.80. The smallest absolute Gasteiger partial charge is 0.416 e. The summed E-state index contributed by atoms with van der Waals surface area (Å²) in [5, 5.41) is 2.49. The number of alkyl halides is 3. The number of methoxy groups -OCH3 is 1. The molecule has 2 aromatic rings. The Morgan fingerprint density at radius 1 is 1.13 bits per heavy atom. The molecule has 0 aliphatic carbocycles. The maximum atomic E-state index is 13.6. The second-order valence-electron chi connectivity index (χ2n) is 8.80. The van der Waals surface area contributed by atoms with Gasteiger partial charge in [0.15, 0.2) is 0 Å². The molecule has 1 N–H and O–H groups in total. The van der Waals surface area contributed by atoms with E-state index >= 15 is 0 Å². The number of carbonyl (C=O) groups excluding carboxylic acids is 2. The number of sulfonamides is 1. The zero-order chi connectivity index (χ0) is 28.8. The van der Waals surface area contributed by atoms with Crippen LogP contribution < -0.4 is 14.4 Å². The van der Waals surface area contributed by atoms with Crippen molar-refractivity contribution in [3.63, 3.8) is 0 Å². The molecule has 13 heteroatoms. The first kappa shape index (κ1) is 31.2. The molecule has 210 valence electrons. The minimum absolute atomic E-state index is 0.0982. The highest BCUT2D eigenvalue weighted by Crippen LogP contribution is 2.36. The van der Waals surface area contributed by atoms with Crippen LogP contribution in [0.2, 0.25) is 5.02 Å². The zero-order valence-electron chi connectivity index (χ0n) is 21.7. The van der Waals surface area contributed by atoms with E-state index in [2.05, 4.69) is 5.32 Å². The monoisotopic (exact) mass is 577 g/mol. The SMILES string of the molecule is CC[C@H](C)NC(=O)[C@@H](C)N(Cc1cccc(OC)c1)C(=O)CN(c1cc(C(F)(F)F)ccc1Cl)S(C)(=O)=O. The van der Waals surface area contributed by atoms with E-state index in [4.69, 9.17) is 16.3 Å². The maximum Gasteiger partial charge on any atom is 0.416 e. The molecule has 0 aliphatic rings. The molecule has 0 spiro atoms. The van der Waals surface area contributed by atoms with Crippen LogP contribution in [-0.2, 0) is 32.3 Å². The second-order valence-corrected chi connectivity index (χ2v) is 11.1. The van der Waals surface area contributed by atoms with Crippen molar-refractivity contribution in [1.29, 1.82) is 0 Å². The molecule has 38 heavy (non-hydrogen) atoms. The van der Waals surface area contributed by atoms with E-state index in [9.17, 15) is 31.2 Å². The summed E-state index contributed by atoms with van der Waals surface area (Å²) in [5.41, 5.74) is -1.05. The molecule has 2 atom stereocenters. The Hall–Kier alpha value is -2.99. The second kappa shape index (κ2) is 12.7. The Morgan fingerprint density at radius 3 is 2.34 bits per heavy atom. The number of hydrogen-bond donors (Lipinski definition) is 1. The molecule has 0 aliphatic heterocycles. The summed E-state index contributed by atoms with van der Waals surface area (Å²) in [6.45, 7) is 4.17. The highest BCUT2D eigenvalue weighted by atomic mass is 35.5. The molecule has 0 aromatic heterocycles. The van der Waals surface area contributed by atoms with E-state index in [0.717, 1.165) is 17.2 Å². The van der Waals surface area contributed by atoms with Gasteiger partial charge in [0, 0.05) is 12.6 Å².